The average molecular weight is 292 g/mol. The van der Waals surface area contributed by atoms with Gasteiger partial charge in [-0.2, -0.15) is 0 Å². The minimum Gasteiger partial charge on any atom is -0.213 e. The molecule has 4 heteroatoms. The van der Waals surface area contributed by atoms with Crippen molar-refractivity contribution in [1.82, 2.24) is 15.0 Å². The number of hydrogen-bond acceptors (Lipinski definition) is 2. The maximum atomic E-state index is 4.13. The minimum atomic E-state index is 0.969. The molecule has 0 unspecified atom stereocenters. The molecule has 0 aliphatic heterocycles. The van der Waals surface area contributed by atoms with Crippen molar-refractivity contribution < 1.29 is 0 Å². The largest absolute Gasteiger partial charge is 0.213 e. The van der Waals surface area contributed by atoms with E-state index in [0.29, 0.717) is 0 Å². The standard InChI is InChI=1S/C13H14BrN3/c1-11(6-5-9-14)13-10-15-16-17(13)12-7-3-2-4-8-12/h2-4,6-8,10H,5,9H2,1H3/b11-6-. The normalized spacial score (nSPS) is 11.8. The van der Waals surface area contributed by atoms with Gasteiger partial charge in [-0.1, -0.05) is 45.4 Å². The van der Waals surface area contributed by atoms with Crippen LogP contribution in [0.25, 0.3) is 11.3 Å². The number of alkyl halides is 1. The van der Waals surface area contributed by atoms with E-state index in [1.165, 1.54) is 5.57 Å². The van der Waals surface area contributed by atoms with Gasteiger partial charge in [0.25, 0.3) is 0 Å². The zero-order valence-corrected chi connectivity index (χ0v) is 11.3. The van der Waals surface area contributed by atoms with Gasteiger partial charge in [-0.15, -0.1) is 5.10 Å². The Morgan fingerprint density at radius 2 is 2.12 bits per heavy atom. The van der Waals surface area contributed by atoms with Crippen LogP contribution in [0.1, 0.15) is 19.0 Å². The van der Waals surface area contributed by atoms with E-state index in [1.54, 1.807) is 6.20 Å². The zero-order valence-electron chi connectivity index (χ0n) is 9.68. The van der Waals surface area contributed by atoms with Crippen molar-refractivity contribution in [3.8, 4) is 5.69 Å². The van der Waals surface area contributed by atoms with Crippen LogP contribution in [0.4, 0.5) is 0 Å². The molecule has 1 aromatic heterocycles. The summed E-state index contributed by atoms with van der Waals surface area (Å²) in [6, 6.07) is 10.0. The van der Waals surface area contributed by atoms with Gasteiger partial charge in [0.2, 0.25) is 0 Å². The summed E-state index contributed by atoms with van der Waals surface area (Å²) in [5, 5.41) is 9.09. The van der Waals surface area contributed by atoms with Crippen molar-refractivity contribution >= 4 is 21.5 Å². The highest BCUT2D eigenvalue weighted by molar-refractivity contribution is 9.09. The van der Waals surface area contributed by atoms with Crippen LogP contribution < -0.4 is 0 Å². The van der Waals surface area contributed by atoms with Gasteiger partial charge in [-0.3, -0.25) is 0 Å². The van der Waals surface area contributed by atoms with Crippen LogP contribution in [0.3, 0.4) is 0 Å². The van der Waals surface area contributed by atoms with Crippen molar-refractivity contribution in [3.63, 3.8) is 0 Å². The molecule has 1 heterocycles. The number of nitrogens with zero attached hydrogens (tertiary/aromatic N) is 3. The summed E-state index contributed by atoms with van der Waals surface area (Å²) in [6.07, 6.45) is 4.99. The van der Waals surface area contributed by atoms with E-state index < -0.39 is 0 Å². The van der Waals surface area contributed by atoms with Crippen LogP contribution in [0.5, 0.6) is 0 Å². The molecule has 0 bridgehead atoms. The van der Waals surface area contributed by atoms with Crippen molar-refractivity contribution in [2.75, 3.05) is 5.33 Å². The second kappa shape index (κ2) is 5.77. The smallest absolute Gasteiger partial charge is 0.0897 e. The molecule has 0 radical (unpaired) electrons. The van der Waals surface area contributed by atoms with Crippen molar-refractivity contribution in [2.45, 2.75) is 13.3 Å². The molecule has 0 N–H and O–H groups in total. The molecule has 0 aliphatic rings. The summed E-state index contributed by atoms with van der Waals surface area (Å²) in [5.41, 5.74) is 3.27. The highest BCUT2D eigenvalue weighted by Crippen LogP contribution is 2.17. The lowest BCUT2D eigenvalue weighted by atomic mass is 10.2. The Morgan fingerprint density at radius 1 is 1.35 bits per heavy atom. The van der Waals surface area contributed by atoms with Gasteiger partial charge in [0.1, 0.15) is 0 Å². The fraction of sp³-hybridized carbons (Fsp3) is 0.231. The minimum absolute atomic E-state index is 0.969. The second-order valence-electron chi connectivity index (χ2n) is 3.73. The Bertz CT molecular complexity index is 502. The molecule has 17 heavy (non-hydrogen) atoms. The number of halogens is 1. The molecule has 3 nitrogen and oxygen atoms in total. The third-order valence-electron chi connectivity index (χ3n) is 2.51. The lowest BCUT2D eigenvalue weighted by molar-refractivity contribution is 0.795. The zero-order chi connectivity index (χ0) is 12.1. The van der Waals surface area contributed by atoms with Gasteiger partial charge >= 0.3 is 0 Å². The highest BCUT2D eigenvalue weighted by atomic mass is 79.9. The first-order chi connectivity index (χ1) is 8.33. The molecule has 0 saturated heterocycles. The van der Waals surface area contributed by atoms with E-state index >= 15 is 0 Å². The van der Waals surface area contributed by atoms with Crippen LogP contribution in [0.2, 0.25) is 0 Å². The summed E-state index contributed by atoms with van der Waals surface area (Å²) in [7, 11) is 0. The monoisotopic (exact) mass is 291 g/mol. The maximum absolute atomic E-state index is 4.13. The van der Waals surface area contributed by atoms with Crippen LogP contribution >= 0.6 is 15.9 Å². The molecule has 0 aliphatic carbocycles. The van der Waals surface area contributed by atoms with E-state index in [9.17, 15) is 0 Å². The Balaban J connectivity index is 2.35. The van der Waals surface area contributed by atoms with Crippen LogP contribution in [0, 0.1) is 0 Å². The van der Waals surface area contributed by atoms with Crippen molar-refractivity contribution in [1.29, 1.82) is 0 Å². The molecule has 0 spiro atoms. The lowest BCUT2D eigenvalue weighted by Crippen LogP contribution is -2.00. The average Bonchev–Trinajstić information content (AvgIpc) is 2.86. The van der Waals surface area contributed by atoms with Gasteiger partial charge in [-0.25, -0.2) is 4.68 Å². The van der Waals surface area contributed by atoms with Crippen LogP contribution in [-0.2, 0) is 0 Å². The lowest BCUT2D eigenvalue weighted by Gasteiger charge is -2.05. The van der Waals surface area contributed by atoms with Crippen molar-refractivity contribution in [3.05, 3.63) is 48.3 Å². The number of para-hydroxylation sites is 1. The van der Waals surface area contributed by atoms with E-state index in [1.807, 2.05) is 35.0 Å². The van der Waals surface area contributed by atoms with Crippen molar-refractivity contribution in [2.24, 2.45) is 0 Å². The Labute approximate surface area is 109 Å². The third-order valence-corrected chi connectivity index (χ3v) is 2.97. The summed E-state index contributed by atoms with van der Waals surface area (Å²) in [6.45, 7) is 2.08. The molecular formula is C13H14BrN3. The summed E-state index contributed by atoms with van der Waals surface area (Å²) in [4.78, 5) is 0. The quantitative estimate of drug-likeness (QED) is 0.808. The predicted molar refractivity (Wildman–Crippen MR) is 73.4 cm³/mol. The molecule has 2 aromatic rings. The fourth-order valence-electron chi connectivity index (χ4n) is 1.64. The number of benzene rings is 1. The number of allylic oxidation sites excluding steroid dienone is 2. The topological polar surface area (TPSA) is 30.7 Å². The van der Waals surface area contributed by atoms with Gasteiger partial charge in [0, 0.05) is 5.33 Å². The van der Waals surface area contributed by atoms with Crippen LogP contribution in [0.15, 0.2) is 42.6 Å². The Morgan fingerprint density at radius 3 is 2.82 bits per heavy atom. The molecule has 0 saturated carbocycles. The van der Waals surface area contributed by atoms with E-state index in [4.69, 9.17) is 0 Å². The second-order valence-corrected chi connectivity index (χ2v) is 4.52. The summed E-state index contributed by atoms with van der Waals surface area (Å²) < 4.78 is 1.86. The molecule has 1 aromatic carbocycles. The molecule has 0 amide bonds. The third kappa shape index (κ3) is 2.82. The predicted octanol–water partition coefficient (Wildman–Crippen LogP) is 3.46. The van der Waals surface area contributed by atoms with E-state index in [2.05, 4.69) is 39.2 Å². The molecule has 0 atom stereocenters. The molecular weight excluding hydrogens is 278 g/mol. The van der Waals surface area contributed by atoms with Gasteiger partial charge < -0.3 is 0 Å². The Kier molecular flexibility index (Phi) is 4.09. The van der Waals surface area contributed by atoms with Crippen LogP contribution in [-0.4, -0.2) is 20.3 Å². The summed E-state index contributed by atoms with van der Waals surface area (Å²) in [5.74, 6) is 0. The fourth-order valence-corrected chi connectivity index (χ4v) is 1.87. The van der Waals surface area contributed by atoms with E-state index in [0.717, 1.165) is 23.1 Å². The number of rotatable bonds is 4. The first-order valence-electron chi connectivity index (χ1n) is 5.52. The van der Waals surface area contributed by atoms with Gasteiger partial charge in [0.05, 0.1) is 17.6 Å². The first-order valence-corrected chi connectivity index (χ1v) is 6.64. The Hall–Kier alpha value is -1.42. The van der Waals surface area contributed by atoms with E-state index in [-0.39, 0.29) is 0 Å². The van der Waals surface area contributed by atoms with Gasteiger partial charge in [0.15, 0.2) is 0 Å². The SMILES string of the molecule is C/C(=C/CCBr)c1cnnn1-c1ccccc1. The number of aromatic nitrogens is 3. The molecule has 0 fully saturated rings. The highest BCUT2D eigenvalue weighted by Gasteiger charge is 2.06. The number of hydrogen-bond donors (Lipinski definition) is 0. The molecule has 2 rings (SSSR count). The van der Waals surface area contributed by atoms with Gasteiger partial charge in [-0.05, 0) is 31.1 Å². The maximum Gasteiger partial charge on any atom is 0.0897 e. The summed E-state index contributed by atoms with van der Waals surface area (Å²) >= 11 is 3.42. The first kappa shape index (κ1) is 12.0. The molecule has 88 valence electrons.